The van der Waals surface area contributed by atoms with Crippen LogP contribution in [0.2, 0.25) is 0 Å². The number of rotatable bonds is 7. The van der Waals surface area contributed by atoms with E-state index in [1.807, 2.05) is 31.2 Å². The van der Waals surface area contributed by atoms with Crippen LogP contribution in [0.4, 0.5) is 0 Å². The van der Waals surface area contributed by atoms with Gasteiger partial charge in [0.25, 0.3) is 0 Å². The summed E-state index contributed by atoms with van der Waals surface area (Å²) in [5, 5.41) is 21.0. The Morgan fingerprint density at radius 1 is 1.28 bits per heavy atom. The van der Waals surface area contributed by atoms with Crippen LogP contribution in [0.1, 0.15) is 37.3 Å². The Kier molecular flexibility index (Phi) is 5.82. The van der Waals surface area contributed by atoms with Gasteiger partial charge in [-0.1, -0.05) is 24.3 Å². The Morgan fingerprint density at radius 2 is 1.89 bits per heavy atom. The largest absolute Gasteiger partial charge is 0.481 e. The Bertz CT molecular complexity index is 375. The third-order valence-electron chi connectivity index (χ3n) is 3.07. The molecule has 0 radical (unpaired) electrons. The molecule has 1 aromatic rings. The van der Waals surface area contributed by atoms with Crippen molar-refractivity contribution in [2.45, 2.75) is 38.8 Å². The van der Waals surface area contributed by atoms with E-state index in [9.17, 15) is 4.79 Å². The minimum atomic E-state index is -0.808. The molecule has 3 N–H and O–H groups in total. The van der Waals surface area contributed by atoms with Gasteiger partial charge in [0.15, 0.2) is 0 Å². The van der Waals surface area contributed by atoms with E-state index in [0.29, 0.717) is 0 Å². The molecule has 0 fully saturated rings. The van der Waals surface area contributed by atoms with Gasteiger partial charge >= 0.3 is 5.97 Å². The van der Waals surface area contributed by atoms with E-state index in [-0.39, 0.29) is 12.6 Å². The molecule has 4 heteroatoms. The van der Waals surface area contributed by atoms with Crippen molar-refractivity contribution in [1.82, 2.24) is 5.32 Å². The Hall–Kier alpha value is -1.39. The molecule has 2 atom stereocenters. The second-order valence-electron chi connectivity index (χ2n) is 4.60. The molecular formula is C14H21NO3. The van der Waals surface area contributed by atoms with Gasteiger partial charge in [-0.05, 0) is 31.4 Å². The van der Waals surface area contributed by atoms with Crippen molar-refractivity contribution >= 4 is 5.97 Å². The maximum Gasteiger partial charge on any atom is 0.310 e. The van der Waals surface area contributed by atoms with Crippen molar-refractivity contribution in [1.29, 1.82) is 0 Å². The molecule has 2 unspecified atom stereocenters. The van der Waals surface area contributed by atoms with E-state index < -0.39 is 11.9 Å². The molecule has 0 saturated carbocycles. The van der Waals surface area contributed by atoms with Gasteiger partial charge in [0.2, 0.25) is 0 Å². The molecule has 0 amide bonds. The van der Waals surface area contributed by atoms with Crippen LogP contribution in [-0.4, -0.2) is 28.8 Å². The van der Waals surface area contributed by atoms with Gasteiger partial charge in [-0.15, -0.1) is 0 Å². The average Bonchev–Trinajstić information content (AvgIpc) is 2.36. The number of aliphatic hydroxyl groups is 1. The van der Waals surface area contributed by atoms with E-state index in [4.69, 9.17) is 10.2 Å². The summed E-state index contributed by atoms with van der Waals surface area (Å²) >= 11 is 0. The second kappa shape index (κ2) is 7.13. The third-order valence-corrected chi connectivity index (χ3v) is 3.07. The summed E-state index contributed by atoms with van der Waals surface area (Å²) in [6.07, 6.45) is 0.730. The molecule has 0 heterocycles. The lowest BCUT2D eigenvalue weighted by Crippen LogP contribution is -2.26. The number of carbonyl (C=O) groups is 1. The minimum absolute atomic E-state index is 0.184. The smallest absolute Gasteiger partial charge is 0.310 e. The van der Waals surface area contributed by atoms with Crippen LogP contribution in [0.3, 0.4) is 0 Å². The highest BCUT2D eigenvalue weighted by Gasteiger charge is 2.12. The maximum atomic E-state index is 10.8. The van der Waals surface area contributed by atoms with Gasteiger partial charge in [-0.3, -0.25) is 4.79 Å². The SMILES string of the molecule is CC(CCO)NCc1ccc(C(C)C(=O)O)cc1. The summed E-state index contributed by atoms with van der Waals surface area (Å²) in [6, 6.07) is 7.85. The Balaban J connectivity index is 2.53. The summed E-state index contributed by atoms with van der Waals surface area (Å²) in [6.45, 7) is 4.61. The highest BCUT2D eigenvalue weighted by molar-refractivity contribution is 5.75. The van der Waals surface area contributed by atoms with Crippen LogP contribution in [0.5, 0.6) is 0 Å². The van der Waals surface area contributed by atoms with Gasteiger partial charge < -0.3 is 15.5 Å². The lowest BCUT2D eigenvalue weighted by atomic mass is 10.00. The zero-order valence-electron chi connectivity index (χ0n) is 10.9. The summed E-state index contributed by atoms with van der Waals surface area (Å²) in [5.41, 5.74) is 1.93. The molecule has 0 aliphatic carbocycles. The molecule has 0 aliphatic rings. The normalized spacial score (nSPS) is 14.2. The highest BCUT2D eigenvalue weighted by Crippen LogP contribution is 2.16. The molecule has 0 spiro atoms. The summed E-state index contributed by atoms with van der Waals surface area (Å²) in [5.74, 6) is -1.28. The number of carboxylic acid groups (broad SMARTS) is 1. The number of hydrogen-bond acceptors (Lipinski definition) is 3. The van der Waals surface area contributed by atoms with Crippen molar-refractivity contribution in [3.63, 3.8) is 0 Å². The van der Waals surface area contributed by atoms with E-state index in [1.54, 1.807) is 6.92 Å². The number of carboxylic acids is 1. The summed E-state index contributed by atoms with van der Waals surface area (Å²) in [7, 11) is 0. The lowest BCUT2D eigenvalue weighted by molar-refractivity contribution is -0.138. The minimum Gasteiger partial charge on any atom is -0.481 e. The van der Waals surface area contributed by atoms with Crippen LogP contribution in [0.25, 0.3) is 0 Å². The van der Waals surface area contributed by atoms with Gasteiger partial charge in [0.05, 0.1) is 5.92 Å². The quantitative estimate of drug-likeness (QED) is 0.690. The van der Waals surface area contributed by atoms with Crippen molar-refractivity contribution < 1.29 is 15.0 Å². The van der Waals surface area contributed by atoms with E-state index in [0.717, 1.165) is 24.1 Å². The number of aliphatic carboxylic acids is 1. The predicted octanol–water partition coefficient (Wildman–Crippen LogP) is 1.74. The van der Waals surface area contributed by atoms with Crippen molar-refractivity contribution in [3.8, 4) is 0 Å². The van der Waals surface area contributed by atoms with Gasteiger partial charge in [0.1, 0.15) is 0 Å². The van der Waals surface area contributed by atoms with E-state index in [2.05, 4.69) is 5.32 Å². The third kappa shape index (κ3) is 4.47. The van der Waals surface area contributed by atoms with Crippen molar-refractivity contribution in [2.24, 2.45) is 0 Å². The Labute approximate surface area is 108 Å². The lowest BCUT2D eigenvalue weighted by Gasteiger charge is -2.13. The zero-order chi connectivity index (χ0) is 13.5. The molecular weight excluding hydrogens is 230 g/mol. The molecule has 100 valence electrons. The van der Waals surface area contributed by atoms with Crippen LogP contribution >= 0.6 is 0 Å². The molecule has 0 aliphatic heterocycles. The molecule has 1 aromatic carbocycles. The molecule has 18 heavy (non-hydrogen) atoms. The van der Waals surface area contributed by atoms with Gasteiger partial charge in [-0.2, -0.15) is 0 Å². The highest BCUT2D eigenvalue weighted by atomic mass is 16.4. The molecule has 0 aromatic heterocycles. The molecule has 0 bridgehead atoms. The fourth-order valence-corrected chi connectivity index (χ4v) is 1.65. The topological polar surface area (TPSA) is 69.6 Å². The molecule has 0 saturated heterocycles. The fourth-order valence-electron chi connectivity index (χ4n) is 1.65. The van der Waals surface area contributed by atoms with Gasteiger partial charge in [-0.25, -0.2) is 0 Å². The monoisotopic (exact) mass is 251 g/mol. The van der Waals surface area contributed by atoms with Crippen LogP contribution in [-0.2, 0) is 11.3 Å². The number of aliphatic hydroxyl groups excluding tert-OH is 1. The van der Waals surface area contributed by atoms with Crippen molar-refractivity contribution in [3.05, 3.63) is 35.4 Å². The first-order chi connectivity index (χ1) is 8.54. The fraction of sp³-hybridized carbons (Fsp3) is 0.500. The number of benzene rings is 1. The standard InChI is InChI=1S/C14H21NO3/c1-10(7-8-16)15-9-12-3-5-13(6-4-12)11(2)14(17)18/h3-6,10-11,15-16H,7-9H2,1-2H3,(H,17,18). The molecule has 1 rings (SSSR count). The predicted molar refractivity (Wildman–Crippen MR) is 70.5 cm³/mol. The summed E-state index contributed by atoms with van der Waals surface area (Å²) in [4.78, 5) is 10.8. The van der Waals surface area contributed by atoms with Crippen molar-refractivity contribution in [2.75, 3.05) is 6.61 Å². The first-order valence-corrected chi connectivity index (χ1v) is 6.20. The molecule has 4 nitrogen and oxygen atoms in total. The zero-order valence-corrected chi connectivity index (χ0v) is 10.9. The van der Waals surface area contributed by atoms with Gasteiger partial charge in [0, 0.05) is 19.2 Å². The van der Waals surface area contributed by atoms with Crippen LogP contribution in [0, 0.1) is 0 Å². The Morgan fingerprint density at radius 3 is 2.39 bits per heavy atom. The van der Waals surface area contributed by atoms with E-state index >= 15 is 0 Å². The average molecular weight is 251 g/mol. The maximum absolute atomic E-state index is 10.8. The van der Waals surface area contributed by atoms with Crippen LogP contribution in [0.15, 0.2) is 24.3 Å². The number of nitrogens with one attached hydrogen (secondary N) is 1. The second-order valence-corrected chi connectivity index (χ2v) is 4.60. The first-order valence-electron chi connectivity index (χ1n) is 6.20. The number of hydrogen-bond donors (Lipinski definition) is 3. The first kappa shape index (κ1) is 14.7. The van der Waals surface area contributed by atoms with Crippen LogP contribution < -0.4 is 5.32 Å². The summed E-state index contributed by atoms with van der Waals surface area (Å²) < 4.78 is 0. The van der Waals surface area contributed by atoms with E-state index in [1.165, 1.54) is 0 Å².